The average Bonchev–Trinajstić information content (AvgIpc) is 2.61. The predicted molar refractivity (Wildman–Crippen MR) is 57.0 cm³/mol. The Balaban J connectivity index is 2.04. The number of ether oxygens (including phenoxy) is 1. The van der Waals surface area contributed by atoms with Gasteiger partial charge in [0.1, 0.15) is 0 Å². The average molecular weight is 242 g/mol. The molecule has 0 bridgehead atoms. The highest BCUT2D eigenvalue weighted by Crippen LogP contribution is 2.23. The SMILES string of the molecule is Brc1ccccc1NC1CCOC1. The molecule has 0 spiro atoms. The van der Waals surface area contributed by atoms with Crippen LogP contribution in [0.25, 0.3) is 0 Å². The fourth-order valence-electron chi connectivity index (χ4n) is 1.45. The molecule has 2 nitrogen and oxygen atoms in total. The van der Waals surface area contributed by atoms with Gasteiger partial charge in [-0.2, -0.15) is 0 Å². The Morgan fingerprint density at radius 1 is 1.38 bits per heavy atom. The Kier molecular flexibility index (Phi) is 2.86. The molecule has 0 saturated carbocycles. The number of benzene rings is 1. The molecule has 2 rings (SSSR count). The second-order valence-corrected chi connectivity index (χ2v) is 4.04. The van der Waals surface area contributed by atoms with Crippen LogP contribution < -0.4 is 5.32 Å². The van der Waals surface area contributed by atoms with Gasteiger partial charge in [0.05, 0.1) is 12.6 Å². The third-order valence-electron chi connectivity index (χ3n) is 2.16. The van der Waals surface area contributed by atoms with E-state index in [4.69, 9.17) is 4.74 Å². The summed E-state index contributed by atoms with van der Waals surface area (Å²) in [7, 11) is 0. The summed E-state index contributed by atoms with van der Waals surface area (Å²) >= 11 is 3.50. The standard InChI is InChI=1S/C10H12BrNO/c11-9-3-1-2-4-10(9)12-8-5-6-13-7-8/h1-4,8,12H,5-7H2. The van der Waals surface area contributed by atoms with Gasteiger partial charge in [-0.25, -0.2) is 0 Å². The van der Waals surface area contributed by atoms with Crippen LogP contribution >= 0.6 is 15.9 Å². The minimum absolute atomic E-state index is 0.471. The number of halogens is 1. The van der Waals surface area contributed by atoms with Gasteiger partial charge in [-0.1, -0.05) is 12.1 Å². The Morgan fingerprint density at radius 3 is 2.92 bits per heavy atom. The van der Waals surface area contributed by atoms with E-state index in [2.05, 4.69) is 27.3 Å². The molecule has 1 aromatic rings. The molecule has 1 atom stereocenters. The van der Waals surface area contributed by atoms with E-state index in [0.29, 0.717) is 6.04 Å². The van der Waals surface area contributed by atoms with Crippen molar-refractivity contribution in [1.29, 1.82) is 0 Å². The molecule has 0 radical (unpaired) electrons. The fourth-order valence-corrected chi connectivity index (χ4v) is 1.85. The van der Waals surface area contributed by atoms with Gasteiger partial charge < -0.3 is 10.1 Å². The van der Waals surface area contributed by atoms with E-state index in [9.17, 15) is 0 Å². The number of rotatable bonds is 2. The number of nitrogens with one attached hydrogen (secondary N) is 1. The lowest BCUT2D eigenvalue weighted by atomic mass is 10.2. The van der Waals surface area contributed by atoms with Crippen LogP contribution in [0, 0.1) is 0 Å². The van der Waals surface area contributed by atoms with Crippen molar-refractivity contribution in [2.24, 2.45) is 0 Å². The van der Waals surface area contributed by atoms with Crippen LogP contribution in [-0.4, -0.2) is 19.3 Å². The number of hydrogen-bond donors (Lipinski definition) is 1. The van der Waals surface area contributed by atoms with Crippen molar-refractivity contribution < 1.29 is 4.74 Å². The summed E-state index contributed by atoms with van der Waals surface area (Å²) in [6.45, 7) is 1.70. The van der Waals surface area contributed by atoms with Crippen molar-refractivity contribution in [1.82, 2.24) is 0 Å². The van der Waals surface area contributed by atoms with E-state index in [-0.39, 0.29) is 0 Å². The van der Waals surface area contributed by atoms with Crippen LogP contribution in [0.15, 0.2) is 28.7 Å². The maximum Gasteiger partial charge on any atom is 0.0668 e. The number of hydrogen-bond acceptors (Lipinski definition) is 2. The van der Waals surface area contributed by atoms with Gasteiger partial charge >= 0.3 is 0 Å². The molecule has 1 aliphatic rings. The quantitative estimate of drug-likeness (QED) is 0.860. The Morgan fingerprint density at radius 2 is 2.23 bits per heavy atom. The largest absolute Gasteiger partial charge is 0.379 e. The first-order valence-corrected chi connectivity index (χ1v) is 5.24. The lowest BCUT2D eigenvalue weighted by Gasteiger charge is -2.13. The van der Waals surface area contributed by atoms with Crippen molar-refractivity contribution >= 4 is 21.6 Å². The number of para-hydroxylation sites is 1. The topological polar surface area (TPSA) is 21.3 Å². The molecule has 3 heteroatoms. The normalized spacial score (nSPS) is 21.8. The highest BCUT2D eigenvalue weighted by Gasteiger charge is 2.15. The minimum Gasteiger partial charge on any atom is -0.379 e. The third kappa shape index (κ3) is 2.23. The Bertz CT molecular complexity index is 284. The van der Waals surface area contributed by atoms with Gasteiger partial charge in [0.25, 0.3) is 0 Å². The molecular formula is C10H12BrNO. The van der Waals surface area contributed by atoms with Gasteiger partial charge in [0, 0.05) is 16.8 Å². The second-order valence-electron chi connectivity index (χ2n) is 3.18. The highest BCUT2D eigenvalue weighted by atomic mass is 79.9. The predicted octanol–water partition coefficient (Wildman–Crippen LogP) is 2.65. The maximum atomic E-state index is 5.29. The first-order valence-electron chi connectivity index (χ1n) is 4.45. The maximum absolute atomic E-state index is 5.29. The molecular weight excluding hydrogens is 230 g/mol. The lowest BCUT2D eigenvalue weighted by Crippen LogP contribution is -2.18. The van der Waals surface area contributed by atoms with Crippen molar-refractivity contribution in [2.75, 3.05) is 18.5 Å². The van der Waals surface area contributed by atoms with Crippen LogP contribution in [0.1, 0.15) is 6.42 Å². The summed E-state index contributed by atoms with van der Waals surface area (Å²) < 4.78 is 6.40. The summed E-state index contributed by atoms with van der Waals surface area (Å²) in [6.07, 6.45) is 1.10. The summed E-state index contributed by atoms with van der Waals surface area (Å²) in [5, 5.41) is 3.44. The first kappa shape index (κ1) is 9.03. The summed E-state index contributed by atoms with van der Waals surface area (Å²) in [5.41, 5.74) is 1.15. The van der Waals surface area contributed by atoms with Gasteiger partial charge in [-0.15, -0.1) is 0 Å². The van der Waals surface area contributed by atoms with Crippen LogP contribution in [0.2, 0.25) is 0 Å². The van der Waals surface area contributed by atoms with Gasteiger partial charge in [-0.05, 0) is 34.5 Å². The zero-order valence-corrected chi connectivity index (χ0v) is 8.88. The smallest absolute Gasteiger partial charge is 0.0668 e. The molecule has 0 amide bonds. The second kappa shape index (κ2) is 4.11. The molecule has 1 heterocycles. The highest BCUT2D eigenvalue weighted by molar-refractivity contribution is 9.10. The van der Waals surface area contributed by atoms with Crippen LogP contribution in [0.5, 0.6) is 0 Å². The van der Waals surface area contributed by atoms with Gasteiger partial charge in [-0.3, -0.25) is 0 Å². The third-order valence-corrected chi connectivity index (χ3v) is 2.85. The van der Waals surface area contributed by atoms with Crippen molar-refractivity contribution in [2.45, 2.75) is 12.5 Å². The molecule has 13 heavy (non-hydrogen) atoms. The summed E-state index contributed by atoms with van der Waals surface area (Å²) in [4.78, 5) is 0. The van der Waals surface area contributed by atoms with E-state index < -0.39 is 0 Å². The van der Waals surface area contributed by atoms with E-state index in [1.54, 1.807) is 0 Å². The molecule has 0 aromatic heterocycles. The van der Waals surface area contributed by atoms with E-state index in [0.717, 1.165) is 29.8 Å². The Hall–Kier alpha value is -0.540. The van der Waals surface area contributed by atoms with Gasteiger partial charge in [0.2, 0.25) is 0 Å². The number of anilines is 1. The fraction of sp³-hybridized carbons (Fsp3) is 0.400. The van der Waals surface area contributed by atoms with E-state index in [1.165, 1.54) is 0 Å². The summed E-state index contributed by atoms with van der Waals surface area (Å²) in [5.74, 6) is 0. The van der Waals surface area contributed by atoms with Crippen LogP contribution in [-0.2, 0) is 4.74 Å². The summed E-state index contributed by atoms with van der Waals surface area (Å²) in [6, 6.07) is 8.63. The molecule has 1 unspecified atom stereocenters. The molecule has 70 valence electrons. The molecule has 1 aromatic carbocycles. The molecule has 1 N–H and O–H groups in total. The zero-order chi connectivity index (χ0) is 9.10. The Labute approximate surface area is 86.4 Å². The zero-order valence-electron chi connectivity index (χ0n) is 7.29. The molecule has 0 aliphatic carbocycles. The van der Waals surface area contributed by atoms with E-state index in [1.807, 2.05) is 18.2 Å². The van der Waals surface area contributed by atoms with Crippen LogP contribution in [0.4, 0.5) is 5.69 Å². The van der Waals surface area contributed by atoms with Crippen molar-refractivity contribution in [3.63, 3.8) is 0 Å². The monoisotopic (exact) mass is 241 g/mol. The molecule has 1 saturated heterocycles. The molecule has 1 fully saturated rings. The van der Waals surface area contributed by atoms with E-state index >= 15 is 0 Å². The minimum atomic E-state index is 0.471. The van der Waals surface area contributed by atoms with Gasteiger partial charge in [0.15, 0.2) is 0 Å². The van der Waals surface area contributed by atoms with Crippen LogP contribution in [0.3, 0.4) is 0 Å². The first-order chi connectivity index (χ1) is 6.36. The molecule has 1 aliphatic heterocycles. The van der Waals surface area contributed by atoms with Crippen molar-refractivity contribution in [3.8, 4) is 0 Å². The van der Waals surface area contributed by atoms with Crippen molar-refractivity contribution in [3.05, 3.63) is 28.7 Å². The lowest BCUT2D eigenvalue weighted by molar-refractivity contribution is 0.195.